The average molecular weight is 333 g/mol. The second kappa shape index (κ2) is 7.12. The first kappa shape index (κ1) is 16.8. The number of rotatable bonds is 3. The lowest BCUT2D eigenvalue weighted by Crippen LogP contribution is -2.31. The minimum atomic E-state index is 0.139. The molecule has 4 heteroatoms. The largest absolute Gasteiger partial charge is 0.356 e. The van der Waals surface area contributed by atoms with Crippen molar-refractivity contribution in [1.82, 2.24) is 5.32 Å². The summed E-state index contributed by atoms with van der Waals surface area (Å²) in [5.74, 6) is 0. The summed E-state index contributed by atoms with van der Waals surface area (Å²) in [7, 11) is 0. The first-order valence-corrected chi connectivity index (χ1v) is 8.07. The van der Waals surface area contributed by atoms with Gasteiger partial charge in [-0.3, -0.25) is 0 Å². The number of thiocarbonyl (C=S) groups is 1. The normalized spacial score (nSPS) is 11.9. The summed E-state index contributed by atoms with van der Waals surface area (Å²) in [4.78, 5) is 0. The van der Waals surface area contributed by atoms with Crippen LogP contribution in [0.4, 0.5) is 5.69 Å². The number of hydrogen-bond donors (Lipinski definition) is 2. The summed E-state index contributed by atoms with van der Waals surface area (Å²) >= 11 is 11.5. The molecule has 0 aliphatic rings. The van der Waals surface area contributed by atoms with Crippen LogP contribution in [0.5, 0.6) is 0 Å². The van der Waals surface area contributed by atoms with Crippen molar-refractivity contribution in [2.24, 2.45) is 0 Å². The smallest absolute Gasteiger partial charge is 0.171 e. The van der Waals surface area contributed by atoms with E-state index in [-0.39, 0.29) is 6.04 Å². The van der Waals surface area contributed by atoms with Gasteiger partial charge in [-0.25, -0.2) is 0 Å². The minimum absolute atomic E-state index is 0.139. The molecule has 0 radical (unpaired) electrons. The van der Waals surface area contributed by atoms with E-state index in [0.29, 0.717) is 5.11 Å². The third kappa shape index (κ3) is 3.99. The second-order valence-electron chi connectivity index (χ2n) is 5.59. The van der Waals surface area contributed by atoms with Crippen molar-refractivity contribution in [3.63, 3.8) is 0 Å². The summed E-state index contributed by atoms with van der Waals surface area (Å²) in [6.07, 6.45) is 0. The van der Waals surface area contributed by atoms with Gasteiger partial charge in [0.2, 0.25) is 0 Å². The fourth-order valence-electron chi connectivity index (χ4n) is 2.49. The van der Waals surface area contributed by atoms with Gasteiger partial charge in [-0.05, 0) is 68.7 Å². The standard InChI is InChI=1S/C18H21ClN2S/c1-11-8-9-15(12(2)10-11)14(4)20-18(22)21-17-7-5-6-16(19)13(17)3/h5-10,14H,1-4H3,(H2,20,21,22). The van der Waals surface area contributed by atoms with E-state index >= 15 is 0 Å². The van der Waals surface area contributed by atoms with Gasteiger partial charge >= 0.3 is 0 Å². The van der Waals surface area contributed by atoms with E-state index in [4.69, 9.17) is 23.8 Å². The highest BCUT2D eigenvalue weighted by molar-refractivity contribution is 7.80. The molecule has 0 aromatic heterocycles. The quantitative estimate of drug-likeness (QED) is 0.744. The number of benzene rings is 2. The van der Waals surface area contributed by atoms with E-state index in [2.05, 4.69) is 49.6 Å². The number of anilines is 1. The van der Waals surface area contributed by atoms with Crippen LogP contribution in [0.3, 0.4) is 0 Å². The highest BCUT2D eigenvalue weighted by Crippen LogP contribution is 2.23. The van der Waals surface area contributed by atoms with E-state index in [1.54, 1.807) is 0 Å². The molecule has 1 atom stereocenters. The van der Waals surface area contributed by atoms with Crippen LogP contribution in [-0.2, 0) is 0 Å². The molecule has 116 valence electrons. The molecule has 0 amide bonds. The summed E-state index contributed by atoms with van der Waals surface area (Å²) in [5.41, 5.74) is 5.70. The maximum Gasteiger partial charge on any atom is 0.171 e. The monoisotopic (exact) mass is 332 g/mol. The van der Waals surface area contributed by atoms with Crippen LogP contribution in [0, 0.1) is 20.8 Å². The predicted octanol–water partition coefficient (Wildman–Crippen LogP) is 5.31. The lowest BCUT2D eigenvalue weighted by molar-refractivity contribution is 0.717. The van der Waals surface area contributed by atoms with Crippen molar-refractivity contribution >= 4 is 34.6 Å². The van der Waals surface area contributed by atoms with Crippen LogP contribution < -0.4 is 10.6 Å². The third-order valence-corrected chi connectivity index (χ3v) is 4.38. The van der Waals surface area contributed by atoms with E-state index in [0.717, 1.165) is 16.3 Å². The van der Waals surface area contributed by atoms with E-state index in [9.17, 15) is 0 Å². The van der Waals surface area contributed by atoms with Gasteiger partial charge in [-0.15, -0.1) is 0 Å². The van der Waals surface area contributed by atoms with Crippen LogP contribution in [0.15, 0.2) is 36.4 Å². The first-order chi connectivity index (χ1) is 10.4. The fraction of sp³-hybridized carbons (Fsp3) is 0.278. The Kier molecular flexibility index (Phi) is 5.43. The molecule has 0 bridgehead atoms. The molecule has 0 saturated heterocycles. The minimum Gasteiger partial charge on any atom is -0.356 e. The molecule has 2 aromatic rings. The molecule has 0 aliphatic heterocycles. The van der Waals surface area contributed by atoms with Gasteiger partial charge in [-0.1, -0.05) is 41.4 Å². The van der Waals surface area contributed by atoms with Crippen LogP contribution in [0.1, 0.15) is 35.2 Å². The van der Waals surface area contributed by atoms with Crippen LogP contribution in [0.2, 0.25) is 5.02 Å². The summed E-state index contributed by atoms with van der Waals surface area (Å²) < 4.78 is 0. The molecule has 1 unspecified atom stereocenters. The molecule has 0 aliphatic carbocycles. The maximum atomic E-state index is 6.13. The number of nitrogens with one attached hydrogen (secondary N) is 2. The van der Waals surface area contributed by atoms with Crippen molar-refractivity contribution in [2.45, 2.75) is 33.7 Å². The summed E-state index contributed by atoms with van der Waals surface area (Å²) in [5, 5.41) is 7.87. The highest BCUT2D eigenvalue weighted by Gasteiger charge is 2.11. The molecule has 2 aromatic carbocycles. The zero-order valence-corrected chi connectivity index (χ0v) is 14.9. The van der Waals surface area contributed by atoms with Gasteiger partial charge in [0.05, 0.1) is 6.04 Å². The van der Waals surface area contributed by atoms with Crippen LogP contribution in [0.25, 0.3) is 0 Å². The third-order valence-electron chi connectivity index (χ3n) is 3.76. The van der Waals surface area contributed by atoms with Crippen molar-refractivity contribution in [1.29, 1.82) is 0 Å². The SMILES string of the molecule is Cc1ccc(C(C)NC(=S)Nc2cccc(Cl)c2C)c(C)c1. The molecule has 0 fully saturated rings. The molecule has 2 N–H and O–H groups in total. The number of aryl methyl sites for hydroxylation is 2. The Morgan fingerprint density at radius 3 is 2.55 bits per heavy atom. The van der Waals surface area contributed by atoms with Crippen molar-refractivity contribution in [2.75, 3.05) is 5.32 Å². The van der Waals surface area contributed by atoms with E-state index in [1.807, 2.05) is 25.1 Å². The Labute approximate surface area is 142 Å². The van der Waals surface area contributed by atoms with Gasteiger partial charge in [0.15, 0.2) is 5.11 Å². The van der Waals surface area contributed by atoms with E-state index < -0.39 is 0 Å². The average Bonchev–Trinajstić information content (AvgIpc) is 2.43. The summed E-state index contributed by atoms with van der Waals surface area (Å²) in [6.45, 7) is 8.30. The number of halogens is 1. The molecule has 2 rings (SSSR count). The predicted molar refractivity (Wildman–Crippen MR) is 99.9 cm³/mol. The molecular weight excluding hydrogens is 312 g/mol. The highest BCUT2D eigenvalue weighted by atomic mass is 35.5. The Hall–Kier alpha value is -1.58. The zero-order valence-electron chi connectivity index (χ0n) is 13.3. The first-order valence-electron chi connectivity index (χ1n) is 7.28. The van der Waals surface area contributed by atoms with E-state index in [1.165, 1.54) is 16.7 Å². The van der Waals surface area contributed by atoms with Gasteiger partial charge < -0.3 is 10.6 Å². The Balaban J connectivity index is 2.07. The molecule has 2 nitrogen and oxygen atoms in total. The second-order valence-corrected chi connectivity index (χ2v) is 6.41. The topological polar surface area (TPSA) is 24.1 Å². The fourth-order valence-corrected chi connectivity index (χ4v) is 2.95. The molecule has 0 heterocycles. The lowest BCUT2D eigenvalue weighted by atomic mass is 10.0. The van der Waals surface area contributed by atoms with Gasteiger partial charge in [0.25, 0.3) is 0 Å². The zero-order chi connectivity index (χ0) is 16.3. The maximum absolute atomic E-state index is 6.13. The van der Waals surface area contributed by atoms with Gasteiger partial charge in [-0.2, -0.15) is 0 Å². The van der Waals surface area contributed by atoms with Crippen molar-refractivity contribution < 1.29 is 0 Å². The van der Waals surface area contributed by atoms with Crippen LogP contribution in [-0.4, -0.2) is 5.11 Å². The Morgan fingerprint density at radius 2 is 1.86 bits per heavy atom. The van der Waals surface area contributed by atoms with Crippen molar-refractivity contribution in [3.8, 4) is 0 Å². The van der Waals surface area contributed by atoms with Crippen molar-refractivity contribution in [3.05, 3.63) is 63.7 Å². The number of hydrogen-bond acceptors (Lipinski definition) is 1. The summed E-state index contributed by atoms with van der Waals surface area (Å²) in [6, 6.07) is 12.3. The molecule has 22 heavy (non-hydrogen) atoms. The Morgan fingerprint density at radius 1 is 1.14 bits per heavy atom. The molecule has 0 spiro atoms. The lowest BCUT2D eigenvalue weighted by Gasteiger charge is -2.20. The van der Waals surface area contributed by atoms with Gasteiger partial charge in [0.1, 0.15) is 0 Å². The molecule has 0 saturated carbocycles. The van der Waals surface area contributed by atoms with Gasteiger partial charge in [0, 0.05) is 10.7 Å². The van der Waals surface area contributed by atoms with Crippen LogP contribution >= 0.6 is 23.8 Å². The molecular formula is C18H21ClN2S. The Bertz CT molecular complexity index is 697.